The highest BCUT2D eigenvalue weighted by atomic mass is 16.5. The van der Waals surface area contributed by atoms with Crippen LogP contribution >= 0.6 is 0 Å². The van der Waals surface area contributed by atoms with Gasteiger partial charge in [-0.05, 0) is 42.9 Å². The van der Waals surface area contributed by atoms with Crippen molar-refractivity contribution in [1.29, 1.82) is 0 Å². The van der Waals surface area contributed by atoms with Crippen molar-refractivity contribution in [2.45, 2.75) is 95.4 Å². The summed E-state index contributed by atoms with van der Waals surface area (Å²) >= 11 is 0. The molecule has 43 heavy (non-hydrogen) atoms. The number of carbonyl (C=O) groups excluding carboxylic acids is 2. The molecule has 0 aliphatic heterocycles. The van der Waals surface area contributed by atoms with Crippen molar-refractivity contribution in [3.63, 3.8) is 0 Å². The number of hydrogen-bond donors (Lipinski definition) is 3. The second kappa shape index (κ2) is 15.5. The molecule has 2 aromatic carbocycles. The zero-order chi connectivity index (χ0) is 29.9. The van der Waals surface area contributed by atoms with Crippen LogP contribution in [0.1, 0.15) is 78.7 Å². The molecule has 0 radical (unpaired) electrons. The smallest absolute Gasteiger partial charge is 0.269 e. The van der Waals surface area contributed by atoms with Gasteiger partial charge in [-0.1, -0.05) is 91.5 Å². The minimum absolute atomic E-state index is 0.0884. The highest BCUT2D eigenvalue weighted by molar-refractivity contribution is 5.95. The maximum Gasteiger partial charge on any atom is 0.269 e. The summed E-state index contributed by atoms with van der Waals surface area (Å²) in [5.41, 5.74) is 2.68. The number of rotatable bonds is 12. The molecule has 2 aliphatic rings. The molecule has 1 heterocycles. The van der Waals surface area contributed by atoms with Crippen LogP contribution in [-0.2, 0) is 34.0 Å². The van der Waals surface area contributed by atoms with E-state index >= 15 is 0 Å². The molecule has 2 amide bonds. The molecule has 2 saturated carbocycles. The summed E-state index contributed by atoms with van der Waals surface area (Å²) in [5.74, 6) is -0.605. The van der Waals surface area contributed by atoms with E-state index in [4.69, 9.17) is 14.7 Å². The Bertz CT molecular complexity index is 1350. The van der Waals surface area contributed by atoms with Crippen molar-refractivity contribution >= 4 is 18.0 Å². The van der Waals surface area contributed by atoms with Gasteiger partial charge in [0.2, 0.25) is 5.91 Å². The predicted octanol–water partition coefficient (Wildman–Crippen LogP) is 4.59. The van der Waals surface area contributed by atoms with Gasteiger partial charge in [-0.2, -0.15) is 5.10 Å². The molecule has 10 nitrogen and oxygen atoms in total. The number of hydrogen-bond acceptors (Lipinski definition) is 7. The van der Waals surface area contributed by atoms with Gasteiger partial charge < -0.3 is 25.3 Å². The van der Waals surface area contributed by atoms with Gasteiger partial charge in [0.15, 0.2) is 0 Å². The maximum absolute atomic E-state index is 13.5. The lowest BCUT2D eigenvalue weighted by Gasteiger charge is -2.32. The third kappa shape index (κ3) is 8.75. The van der Waals surface area contributed by atoms with Gasteiger partial charge in [0.1, 0.15) is 17.9 Å². The van der Waals surface area contributed by atoms with Crippen LogP contribution < -0.4 is 10.6 Å². The summed E-state index contributed by atoms with van der Waals surface area (Å²) in [5, 5.41) is 22.7. The normalized spacial score (nSPS) is 22.3. The van der Waals surface area contributed by atoms with Crippen LogP contribution in [0.2, 0.25) is 0 Å². The highest BCUT2D eigenvalue weighted by Crippen LogP contribution is 2.24. The predicted molar refractivity (Wildman–Crippen MR) is 162 cm³/mol. The Balaban J connectivity index is 1.21. The minimum Gasteiger partial charge on any atom is -0.411 e. The van der Waals surface area contributed by atoms with E-state index < -0.39 is 0 Å². The first kappa shape index (κ1) is 30.4. The Morgan fingerprint density at radius 1 is 0.837 bits per heavy atom. The second-order valence-electron chi connectivity index (χ2n) is 11.3. The molecular formula is C33H41N5O5. The Labute approximate surface area is 252 Å². The number of nitrogens with one attached hydrogen (secondary N) is 2. The summed E-state index contributed by atoms with van der Waals surface area (Å²) in [6.45, 7) is 0.815. The molecule has 3 aromatic rings. The van der Waals surface area contributed by atoms with Crippen LogP contribution in [0.25, 0.3) is 0 Å². The first-order valence-corrected chi connectivity index (χ1v) is 15.3. The quantitative estimate of drug-likeness (QED) is 0.162. The number of aromatic nitrogens is 2. The number of nitrogens with zero attached hydrogens (tertiary/aromatic N) is 3. The van der Waals surface area contributed by atoms with Gasteiger partial charge >= 0.3 is 0 Å². The van der Waals surface area contributed by atoms with Crippen LogP contribution in [0.15, 0.2) is 71.9 Å². The third-order valence-electron chi connectivity index (χ3n) is 8.20. The standard InChI is InChI=1S/C33H41N5O5/c39-32(35-27-15-7-9-17-30(27)42-22-24-11-3-1-4-12-24)21-38-29(19-26(37-38)20-34-41)33(40)36-28-16-8-10-18-31(28)43-23-25-13-5-2-6-14-25/h1-6,11-14,19-20,27-28,30-31,41H,7-10,15-18,21-23H2,(H,35,39)(H,36,40)/t27-,28-,30-,31-/m0/s1. The zero-order valence-corrected chi connectivity index (χ0v) is 24.4. The van der Waals surface area contributed by atoms with Crippen LogP contribution in [0.3, 0.4) is 0 Å². The Morgan fingerprint density at radius 3 is 1.93 bits per heavy atom. The maximum atomic E-state index is 13.5. The summed E-state index contributed by atoms with van der Waals surface area (Å²) < 4.78 is 13.8. The molecule has 2 fully saturated rings. The van der Waals surface area contributed by atoms with Gasteiger partial charge in [-0.3, -0.25) is 9.59 Å². The van der Waals surface area contributed by atoms with Gasteiger partial charge in [0.05, 0.1) is 43.7 Å². The van der Waals surface area contributed by atoms with Crippen molar-refractivity contribution < 1.29 is 24.3 Å². The number of benzene rings is 2. The van der Waals surface area contributed by atoms with E-state index in [-0.39, 0.29) is 54.0 Å². The molecule has 1 aromatic heterocycles. The number of amides is 2. The van der Waals surface area contributed by atoms with Crippen molar-refractivity contribution in [1.82, 2.24) is 20.4 Å². The summed E-state index contributed by atoms with van der Waals surface area (Å²) in [7, 11) is 0. The summed E-state index contributed by atoms with van der Waals surface area (Å²) in [4.78, 5) is 26.8. The minimum atomic E-state index is -0.347. The molecule has 4 atom stereocenters. The van der Waals surface area contributed by atoms with Gasteiger partial charge in [0, 0.05) is 0 Å². The molecule has 0 bridgehead atoms. The Hall–Kier alpha value is -4.02. The monoisotopic (exact) mass is 587 g/mol. The summed E-state index contributed by atoms with van der Waals surface area (Å²) in [6.07, 6.45) is 8.40. The van der Waals surface area contributed by atoms with E-state index in [9.17, 15) is 9.59 Å². The van der Waals surface area contributed by atoms with E-state index in [1.807, 2.05) is 60.7 Å². The SMILES string of the molecule is O=C(Cn1nc(C=NO)cc1C(=O)N[C@H]1CCCC[C@@H]1OCc1ccccc1)N[C@H]1CCCC[C@@H]1OCc1ccccc1. The second-order valence-corrected chi connectivity index (χ2v) is 11.3. The fourth-order valence-electron chi connectivity index (χ4n) is 5.97. The number of carbonyl (C=O) groups is 2. The Morgan fingerprint density at radius 2 is 1.37 bits per heavy atom. The van der Waals surface area contributed by atoms with E-state index in [1.54, 1.807) is 0 Å². The molecule has 228 valence electrons. The summed E-state index contributed by atoms with van der Waals surface area (Å²) in [6, 6.07) is 21.2. The van der Waals surface area contributed by atoms with E-state index in [2.05, 4.69) is 20.9 Å². The van der Waals surface area contributed by atoms with Crippen LogP contribution in [-0.4, -0.2) is 57.3 Å². The molecule has 3 N–H and O–H groups in total. The van der Waals surface area contributed by atoms with E-state index in [0.29, 0.717) is 13.2 Å². The fourth-order valence-corrected chi connectivity index (χ4v) is 5.97. The molecule has 5 rings (SSSR count). The first-order valence-electron chi connectivity index (χ1n) is 15.3. The Kier molecular flexibility index (Phi) is 10.9. The molecule has 10 heteroatoms. The van der Waals surface area contributed by atoms with Crippen molar-refractivity contribution in [3.8, 4) is 0 Å². The van der Waals surface area contributed by atoms with Gasteiger partial charge in [-0.25, -0.2) is 4.68 Å². The van der Waals surface area contributed by atoms with Crippen LogP contribution in [0.4, 0.5) is 0 Å². The van der Waals surface area contributed by atoms with Crippen molar-refractivity contribution in [3.05, 3.63) is 89.2 Å². The lowest BCUT2D eigenvalue weighted by Crippen LogP contribution is -2.48. The molecule has 2 aliphatic carbocycles. The number of ether oxygens (including phenoxy) is 2. The van der Waals surface area contributed by atoms with Crippen molar-refractivity contribution in [2.24, 2.45) is 5.16 Å². The number of oxime groups is 1. The molecule has 0 spiro atoms. The first-order chi connectivity index (χ1) is 21.1. The van der Waals surface area contributed by atoms with E-state index in [0.717, 1.165) is 68.7 Å². The van der Waals surface area contributed by atoms with E-state index in [1.165, 1.54) is 10.7 Å². The van der Waals surface area contributed by atoms with Crippen LogP contribution in [0.5, 0.6) is 0 Å². The molecular weight excluding hydrogens is 546 g/mol. The van der Waals surface area contributed by atoms with Crippen LogP contribution in [0, 0.1) is 0 Å². The molecule has 0 unspecified atom stereocenters. The lowest BCUT2D eigenvalue weighted by atomic mass is 9.92. The topological polar surface area (TPSA) is 127 Å². The van der Waals surface area contributed by atoms with Gasteiger partial charge in [-0.15, -0.1) is 0 Å². The van der Waals surface area contributed by atoms with Gasteiger partial charge in [0.25, 0.3) is 5.91 Å². The third-order valence-corrected chi connectivity index (χ3v) is 8.20. The average Bonchev–Trinajstić information content (AvgIpc) is 3.43. The largest absolute Gasteiger partial charge is 0.411 e. The lowest BCUT2D eigenvalue weighted by molar-refractivity contribution is -0.124. The fraction of sp³-hybridized carbons (Fsp3) is 0.455. The zero-order valence-electron chi connectivity index (χ0n) is 24.4. The highest BCUT2D eigenvalue weighted by Gasteiger charge is 2.30. The average molecular weight is 588 g/mol. The molecule has 0 saturated heterocycles. The van der Waals surface area contributed by atoms with Crippen molar-refractivity contribution in [2.75, 3.05) is 0 Å².